The molecule has 1 aliphatic rings. The summed E-state index contributed by atoms with van der Waals surface area (Å²) in [7, 11) is 0. The number of hydrogen-bond acceptors (Lipinski definition) is 3. The van der Waals surface area contributed by atoms with E-state index in [-0.39, 0.29) is 11.3 Å². The highest BCUT2D eigenvalue weighted by Gasteiger charge is 2.22. The van der Waals surface area contributed by atoms with Gasteiger partial charge in [-0.1, -0.05) is 17.5 Å². The molecule has 1 aliphatic carbocycles. The normalized spacial score (nSPS) is 13.2. The van der Waals surface area contributed by atoms with Crippen LogP contribution in [0, 0.1) is 24.1 Å². The highest BCUT2D eigenvalue weighted by atomic mass is 35.5. The van der Waals surface area contributed by atoms with Gasteiger partial charge in [-0.3, -0.25) is 9.63 Å². The summed E-state index contributed by atoms with van der Waals surface area (Å²) < 4.78 is 13.6. The van der Waals surface area contributed by atoms with Gasteiger partial charge in [-0.15, -0.1) is 6.42 Å². The molecule has 0 bridgehead atoms. The van der Waals surface area contributed by atoms with Crippen LogP contribution in [0.5, 0.6) is 0 Å². The van der Waals surface area contributed by atoms with Crippen LogP contribution in [0.2, 0.25) is 5.02 Å². The van der Waals surface area contributed by atoms with Crippen molar-refractivity contribution in [2.24, 2.45) is 5.92 Å². The van der Waals surface area contributed by atoms with Crippen molar-refractivity contribution in [1.29, 1.82) is 0 Å². The maximum atomic E-state index is 13.6. The average Bonchev–Trinajstić information content (AvgIpc) is 3.41. The van der Waals surface area contributed by atoms with Crippen LogP contribution in [0.15, 0.2) is 36.4 Å². The van der Waals surface area contributed by atoms with Gasteiger partial charge in [-0.2, -0.15) is 0 Å². The van der Waals surface area contributed by atoms with Gasteiger partial charge in [-0.25, -0.2) is 9.87 Å². The Labute approximate surface area is 150 Å². The molecule has 25 heavy (non-hydrogen) atoms. The zero-order chi connectivity index (χ0) is 17.8. The first-order valence-corrected chi connectivity index (χ1v) is 8.19. The fourth-order valence-corrected chi connectivity index (χ4v) is 2.46. The molecule has 0 saturated heterocycles. The van der Waals surface area contributed by atoms with Crippen molar-refractivity contribution in [3.63, 3.8) is 0 Å². The van der Waals surface area contributed by atoms with Crippen molar-refractivity contribution >= 4 is 28.9 Å². The van der Waals surface area contributed by atoms with E-state index >= 15 is 0 Å². The minimum absolute atomic E-state index is 0.245. The first-order chi connectivity index (χ1) is 12.1. The lowest BCUT2D eigenvalue weighted by Crippen LogP contribution is -2.25. The molecule has 0 radical (unpaired) electrons. The van der Waals surface area contributed by atoms with Gasteiger partial charge in [0.25, 0.3) is 5.91 Å². The molecule has 3 rings (SSSR count). The Morgan fingerprint density at radius 3 is 2.76 bits per heavy atom. The second-order valence-corrected chi connectivity index (χ2v) is 6.25. The maximum absolute atomic E-state index is 13.6. The van der Waals surface area contributed by atoms with Gasteiger partial charge in [-0.05, 0) is 55.2 Å². The van der Waals surface area contributed by atoms with Gasteiger partial charge in [0, 0.05) is 5.56 Å². The van der Waals surface area contributed by atoms with Gasteiger partial charge in [0.2, 0.25) is 0 Å². The van der Waals surface area contributed by atoms with Crippen LogP contribution < -0.4 is 10.8 Å². The third-order valence-corrected chi connectivity index (χ3v) is 4.12. The number of anilines is 2. The molecule has 6 heteroatoms. The predicted octanol–water partition coefficient (Wildman–Crippen LogP) is 4.28. The molecule has 2 aromatic carbocycles. The van der Waals surface area contributed by atoms with E-state index in [0.717, 1.165) is 12.8 Å². The van der Waals surface area contributed by atoms with E-state index in [1.807, 2.05) is 0 Å². The number of terminal acetylenes is 1. The Hall–Kier alpha value is -2.55. The number of amides is 1. The summed E-state index contributed by atoms with van der Waals surface area (Å²) in [5, 5.41) is 3.34. The van der Waals surface area contributed by atoms with Crippen molar-refractivity contribution in [2.45, 2.75) is 12.8 Å². The van der Waals surface area contributed by atoms with Gasteiger partial charge in [0.15, 0.2) is 0 Å². The summed E-state index contributed by atoms with van der Waals surface area (Å²) in [6.07, 6.45) is 7.56. The minimum Gasteiger partial charge on any atom is -0.354 e. The molecular formula is C19H16ClFN2O2. The lowest BCUT2D eigenvalue weighted by molar-refractivity contribution is 0.0271. The monoisotopic (exact) mass is 358 g/mol. The zero-order valence-electron chi connectivity index (χ0n) is 13.3. The first-order valence-electron chi connectivity index (χ1n) is 7.81. The summed E-state index contributed by atoms with van der Waals surface area (Å²) in [4.78, 5) is 17.5. The molecule has 0 spiro atoms. The number of halogens is 2. The fourth-order valence-electron chi connectivity index (χ4n) is 2.23. The lowest BCUT2D eigenvalue weighted by Gasteiger charge is -2.14. The SMILES string of the molecule is C#Cc1ccc(Nc2cc(F)ccc2C(=O)NOCC2CC2)c(Cl)c1. The van der Waals surface area contributed by atoms with Crippen LogP contribution >= 0.6 is 11.6 Å². The molecular weight excluding hydrogens is 343 g/mol. The molecule has 0 aliphatic heterocycles. The van der Waals surface area contributed by atoms with Crippen molar-refractivity contribution in [3.05, 3.63) is 58.4 Å². The van der Waals surface area contributed by atoms with E-state index in [1.54, 1.807) is 18.2 Å². The Bertz CT molecular complexity index is 844. The van der Waals surface area contributed by atoms with Crippen LogP contribution in [0.3, 0.4) is 0 Å². The number of hydrogen-bond donors (Lipinski definition) is 2. The third-order valence-electron chi connectivity index (χ3n) is 3.81. The minimum atomic E-state index is -0.477. The summed E-state index contributed by atoms with van der Waals surface area (Å²) in [5.74, 6) is 2.06. The van der Waals surface area contributed by atoms with Crippen molar-refractivity contribution in [3.8, 4) is 12.3 Å². The molecule has 128 valence electrons. The molecule has 0 heterocycles. The maximum Gasteiger partial charge on any atom is 0.276 e. The molecule has 4 nitrogen and oxygen atoms in total. The molecule has 0 unspecified atom stereocenters. The largest absolute Gasteiger partial charge is 0.354 e. The Kier molecular flexibility index (Phi) is 5.22. The van der Waals surface area contributed by atoms with Gasteiger partial charge in [0.05, 0.1) is 28.6 Å². The Balaban J connectivity index is 1.78. The summed E-state index contributed by atoms with van der Waals surface area (Å²) >= 11 is 6.18. The number of nitrogens with one attached hydrogen (secondary N) is 2. The number of rotatable bonds is 6. The number of carbonyl (C=O) groups is 1. The highest BCUT2D eigenvalue weighted by molar-refractivity contribution is 6.33. The fraction of sp³-hybridized carbons (Fsp3) is 0.211. The quantitative estimate of drug-likeness (QED) is 0.598. The Morgan fingerprint density at radius 1 is 1.28 bits per heavy atom. The van der Waals surface area contributed by atoms with Crippen molar-refractivity contribution < 1.29 is 14.0 Å². The van der Waals surface area contributed by atoms with Gasteiger partial charge in [0.1, 0.15) is 5.82 Å². The van der Waals surface area contributed by atoms with E-state index < -0.39 is 11.7 Å². The molecule has 1 amide bonds. The van der Waals surface area contributed by atoms with Gasteiger partial charge < -0.3 is 5.32 Å². The smallest absolute Gasteiger partial charge is 0.276 e. The van der Waals surface area contributed by atoms with E-state index in [4.69, 9.17) is 22.9 Å². The highest BCUT2D eigenvalue weighted by Crippen LogP contribution is 2.30. The van der Waals surface area contributed by atoms with Crippen molar-refractivity contribution in [2.75, 3.05) is 11.9 Å². The Morgan fingerprint density at radius 2 is 2.08 bits per heavy atom. The predicted molar refractivity (Wildman–Crippen MR) is 95.2 cm³/mol. The first kappa shape index (κ1) is 17.3. The van der Waals surface area contributed by atoms with Crippen molar-refractivity contribution in [1.82, 2.24) is 5.48 Å². The zero-order valence-corrected chi connectivity index (χ0v) is 14.1. The topological polar surface area (TPSA) is 50.4 Å². The molecule has 2 N–H and O–H groups in total. The number of benzene rings is 2. The number of carbonyl (C=O) groups excluding carboxylic acids is 1. The van der Waals surface area contributed by atoms with Crippen LogP contribution in [-0.2, 0) is 4.84 Å². The lowest BCUT2D eigenvalue weighted by atomic mass is 10.1. The second-order valence-electron chi connectivity index (χ2n) is 5.84. The second kappa shape index (κ2) is 7.56. The summed E-state index contributed by atoms with van der Waals surface area (Å²) in [5.41, 5.74) is 4.05. The third kappa shape index (κ3) is 4.50. The average molecular weight is 359 g/mol. The van der Waals surface area contributed by atoms with Crippen LogP contribution in [-0.4, -0.2) is 12.5 Å². The summed E-state index contributed by atoms with van der Waals surface area (Å²) in [6.45, 7) is 0.481. The molecule has 1 saturated carbocycles. The van der Waals surface area contributed by atoms with E-state index in [9.17, 15) is 9.18 Å². The number of hydroxylamine groups is 1. The van der Waals surface area contributed by atoms with Gasteiger partial charge >= 0.3 is 0 Å². The molecule has 2 aromatic rings. The van der Waals surface area contributed by atoms with E-state index in [1.165, 1.54) is 18.2 Å². The standard InChI is InChI=1S/C19H16ClFN2O2/c1-2-12-5-8-17(16(20)9-12)22-18-10-14(21)6-7-15(18)19(24)23-25-11-13-3-4-13/h1,5-10,13,22H,3-4,11H2,(H,23,24). The van der Waals surface area contributed by atoms with E-state index in [2.05, 4.69) is 16.7 Å². The molecule has 0 aromatic heterocycles. The molecule has 0 atom stereocenters. The van der Waals surface area contributed by atoms with Crippen LogP contribution in [0.1, 0.15) is 28.8 Å². The summed E-state index contributed by atoms with van der Waals surface area (Å²) in [6, 6.07) is 8.81. The van der Waals surface area contributed by atoms with Crippen LogP contribution in [0.4, 0.5) is 15.8 Å². The molecule has 1 fully saturated rings. The van der Waals surface area contributed by atoms with Crippen LogP contribution in [0.25, 0.3) is 0 Å². The van der Waals surface area contributed by atoms with E-state index in [0.29, 0.717) is 28.8 Å².